The third-order valence-electron chi connectivity index (χ3n) is 2.74. The summed E-state index contributed by atoms with van der Waals surface area (Å²) in [5, 5.41) is 2.12. The van der Waals surface area contributed by atoms with E-state index in [1.165, 1.54) is 24.1 Å². The lowest BCUT2D eigenvalue weighted by molar-refractivity contribution is 0.248. The van der Waals surface area contributed by atoms with Crippen molar-refractivity contribution >= 4 is 11.3 Å². The number of nitrogens with two attached hydrogens (primary N) is 1. The summed E-state index contributed by atoms with van der Waals surface area (Å²) in [4.78, 5) is 3.76. The molecule has 0 bridgehead atoms. The van der Waals surface area contributed by atoms with Gasteiger partial charge < -0.3 is 5.73 Å². The molecule has 0 aliphatic rings. The second kappa shape index (κ2) is 6.99. The molecule has 3 heteroatoms. The van der Waals surface area contributed by atoms with Gasteiger partial charge in [0.2, 0.25) is 0 Å². The van der Waals surface area contributed by atoms with E-state index in [0.29, 0.717) is 12.6 Å². The number of likely N-dealkylation sites (N-methyl/N-ethyl adjacent to an activating group) is 1. The van der Waals surface area contributed by atoms with E-state index in [9.17, 15) is 0 Å². The molecule has 0 aliphatic carbocycles. The number of hydrogen-bond acceptors (Lipinski definition) is 3. The van der Waals surface area contributed by atoms with Crippen LogP contribution >= 0.6 is 11.3 Å². The van der Waals surface area contributed by atoms with E-state index in [1.807, 2.05) is 0 Å². The first kappa shape index (κ1) is 12.7. The Bertz CT molecular complexity index is 246. The van der Waals surface area contributed by atoms with Gasteiger partial charge in [0.15, 0.2) is 0 Å². The Balaban J connectivity index is 2.44. The van der Waals surface area contributed by atoms with Crippen LogP contribution in [0.4, 0.5) is 0 Å². The second-order valence-electron chi connectivity index (χ2n) is 3.95. The minimum atomic E-state index is 0.404. The molecule has 0 aromatic carbocycles. The fourth-order valence-corrected chi connectivity index (χ4v) is 2.67. The normalized spacial score (nSPS) is 13.3. The highest BCUT2D eigenvalue weighted by Gasteiger charge is 2.15. The highest BCUT2D eigenvalue weighted by atomic mass is 32.1. The number of rotatable bonds is 7. The summed E-state index contributed by atoms with van der Waals surface area (Å²) in [5.41, 5.74) is 5.83. The molecule has 1 atom stereocenters. The fourth-order valence-electron chi connectivity index (χ4n) is 1.76. The predicted octanol–water partition coefficient (Wildman–Crippen LogP) is 2.87. The van der Waals surface area contributed by atoms with Gasteiger partial charge in [0, 0.05) is 11.4 Å². The van der Waals surface area contributed by atoms with Crippen molar-refractivity contribution in [2.24, 2.45) is 5.73 Å². The molecule has 0 fully saturated rings. The van der Waals surface area contributed by atoms with Crippen molar-refractivity contribution in [1.29, 1.82) is 0 Å². The first-order valence-corrected chi connectivity index (χ1v) is 6.61. The van der Waals surface area contributed by atoms with Crippen LogP contribution in [0.15, 0.2) is 17.5 Å². The quantitative estimate of drug-likeness (QED) is 0.724. The first-order chi connectivity index (χ1) is 7.29. The van der Waals surface area contributed by atoms with Gasteiger partial charge in [-0.1, -0.05) is 25.8 Å². The van der Waals surface area contributed by atoms with Gasteiger partial charge in [-0.15, -0.1) is 11.3 Å². The molecule has 86 valence electrons. The van der Waals surface area contributed by atoms with Gasteiger partial charge in [-0.2, -0.15) is 0 Å². The molecule has 0 spiro atoms. The van der Waals surface area contributed by atoms with E-state index in [2.05, 4.69) is 36.4 Å². The molecule has 0 aliphatic heterocycles. The van der Waals surface area contributed by atoms with Gasteiger partial charge in [0.25, 0.3) is 0 Å². The molecule has 0 saturated carbocycles. The minimum absolute atomic E-state index is 0.404. The summed E-state index contributed by atoms with van der Waals surface area (Å²) in [5.74, 6) is 0. The largest absolute Gasteiger partial charge is 0.329 e. The smallest absolute Gasteiger partial charge is 0.0561 e. The summed E-state index contributed by atoms with van der Waals surface area (Å²) in [6, 6.07) is 4.68. The lowest BCUT2D eigenvalue weighted by Crippen LogP contribution is -2.30. The summed E-state index contributed by atoms with van der Waals surface area (Å²) in [7, 11) is 2.17. The molecule has 1 unspecified atom stereocenters. The van der Waals surface area contributed by atoms with Crippen molar-refractivity contribution < 1.29 is 0 Å². The van der Waals surface area contributed by atoms with Crippen molar-refractivity contribution in [2.75, 3.05) is 20.1 Å². The maximum atomic E-state index is 5.83. The maximum absolute atomic E-state index is 5.83. The molecule has 0 amide bonds. The Labute approximate surface area is 97.1 Å². The third kappa shape index (κ3) is 3.93. The topological polar surface area (TPSA) is 29.3 Å². The molecular formula is C12H22N2S. The number of unbranched alkanes of at least 4 members (excludes halogenated alkanes) is 2. The van der Waals surface area contributed by atoms with Gasteiger partial charge in [-0.3, -0.25) is 4.90 Å². The summed E-state index contributed by atoms with van der Waals surface area (Å²) < 4.78 is 0. The number of hydrogen-bond donors (Lipinski definition) is 1. The van der Waals surface area contributed by atoms with Gasteiger partial charge in [0.1, 0.15) is 0 Å². The highest BCUT2D eigenvalue weighted by molar-refractivity contribution is 7.10. The lowest BCUT2D eigenvalue weighted by atomic mass is 10.2. The van der Waals surface area contributed by atoms with Crippen molar-refractivity contribution in [1.82, 2.24) is 4.90 Å². The van der Waals surface area contributed by atoms with E-state index in [0.717, 1.165) is 6.54 Å². The van der Waals surface area contributed by atoms with E-state index in [4.69, 9.17) is 5.73 Å². The molecule has 0 radical (unpaired) electrons. The van der Waals surface area contributed by atoms with E-state index in [1.54, 1.807) is 11.3 Å². The van der Waals surface area contributed by atoms with Crippen LogP contribution in [0.25, 0.3) is 0 Å². The van der Waals surface area contributed by atoms with E-state index in [-0.39, 0.29) is 0 Å². The van der Waals surface area contributed by atoms with Gasteiger partial charge in [0.05, 0.1) is 6.04 Å². The van der Waals surface area contributed by atoms with Gasteiger partial charge >= 0.3 is 0 Å². The van der Waals surface area contributed by atoms with Crippen LogP contribution < -0.4 is 5.73 Å². The lowest BCUT2D eigenvalue weighted by Gasteiger charge is -2.25. The molecule has 1 heterocycles. The van der Waals surface area contributed by atoms with E-state index >= 15 is 0 Å². The summed E-state index contributed by atoms with van der Waals surface area (Å²) in [6.45, 7) is 4.09. The SMILES string of the molecule is CCCCCN(C)C(CN)c1cccs1. The Morgan fingerprint density at radius 3 is 2.80 bits per heavy atom. The van der Waals surface area contributed by atoms with Crippen LogP contribution in [-0.2, 0) is 0 Å². The highest BCUT2D eigenvalue weighted by Crippen LogP contribution is 2.23. The van der Waals surface area contributed by atoms with Gasteiger partial charge in [-0.05, 0) is 31.5 Å². The van der Waals surface area contributed by atoms with Crippen molar-refractivity contribution in [2.45, 2.75) is 32.2 Å². The zero-order valence-electron chi connectivity index (χ0n) is 9.78. The zero-order valence-corrected chi connectivity index (χ0v) is 10.6. The van der Waals surface area contributed by atoms with Crippen molar-refractivity contribution in [3.05, 3.63) is 22.4 Å². The molecule has 0 saturated heterocycles. The number of thiophene rings is 1. The Morgan fingerprint density at radius 1 is 1.47 bits per heavy atom. The summed E-state index contributed by atoms with van der Waals surface area (Å²) >= 11 is 1.80. The predicted molar refractivity (Wildman–Crippen MR) is 68.3 cm³/mol. The van der Waals surface area contributed by atoms with Crippen LogP contribution in [0.5, 0.6) is 0 Å². The molecule has 1 aromatic heterocycles. The molecule has 2 N–H and O–H groups in total. The molecule has 1 rings (SSSR count). The number of nitrogens with zero attached hydrogens (tertiary/aromatic N) is 1. The monoisotopic (exact) mass is 226 g/mol. The Kier molecular flexibility index (Phi) is 5.91. The van der Waals surface area contributed by atoms with Crippen LogP contribution in [0.3, 0.4) is 0 Å². The molecular weight excluding hydrogens is 204 g/mol. The maximum Gasteiger partial charge on any atom is 0.0561 e. The first-order valence-electron chi connectivity index (χ1n) is 5.73. The second-order valence-corrected chi connectivity index (χ2v) is 4.93. The van der Waals surface area contributed by atoms with Crippen LogP contribution in [0.2, 0.25) is 0 Å². The average molecular weight is 226 g/mol. The molecule has 1 aromatic rings. The summed E-state index contributed by atoms with van der Waals surface area (Å²) in [6.07, 6.45) is 3.86. The van der Waals surface area contributed by atoms with Crippen molar-refractivity contribution in [3.63, 3.8) is 0 Å². The molecule has 2 nitrogen and oxygen atoms in total. The van der Waals surface area contributed by atoms with Gasteiger partial charge in [-0.25, -0.2) is 0 Å². The molecule has 15 heavy (non-hydrogen) atoms. The van der Waals surface area contributed by atoms with Crippen LogP contribution in [0, 0.1) is 0 Å². The minimum Gasteiger partial charge on any atom is -0.329 e. The zero-order chi connectivity index (χ0) is 11.1. The van der Waals surface area contributed by atoms with E-state index < -0.39 is 0 Å². The standard InChI is InChI=1S/C12H22N2S/c1-3-4-5-8-14(2)11(10-13)12-7-6-9-15-12/h6-7,9,11H,3-5,8,10,13H2,1-2H3. The fraction of sp³-hybridized carbons (Fsp3) is 0.667. The van der Waals surface area contributed by atoms with Crippen molar-refractivity contribution in [3.8, 4) is 0 Å². The average Bonchev–Trinajstić information content (AvgIpc) is 2.73. The van der Waals surface area contributed by atoms with Crippen LogP contribution in [-0.4, -0.2) is 25.0 Å². The Hall–Kier alpha value is -0.380. The Morgan fingerprint density at radius 2 is 2.27 bits per heavy atom. The third-order valence-corrected chi connectivity index (χ3v) is 3.71. The van der Waals surface area contributed by atoms with Crippen LogP contribution in [0.1, 0.15) is 37.1 Å².